The van der Waals surface area contributed by atoms with E-state index in [0.29, 0.717) is 0 Å². The number of hydrogen-bond donors (Lipinski definition) is 0. The van der Waals surface area contributed by atoms with E-state index in [1.54, 1.807) is 0 Å². The highest BCUT2D eigenvalue weighted by Gasteiger charge is 2.21. The fraction of sp³-hybridized carbons (Fsp3) is 0. The summed E-state index contributed by atoms with van der Waals surface area (Å²) in [6.07, 6.45) is 0. The van der Waals surface area contributed by atoms with Gasteiger partial charge in [0.25, 0.3) is 0 Å². The minimum absolute atomic E-state index is 0.876. The number of nitrogens with zero attached hydrogens (tertiary/aromatic N) is 2. The summed E-state index contributed by atoms with van der Waals surface area (Å²) in [4.78, 5) is 2.40. The van der Waals surface area contributed by atoms with E-state index in [9.17, 15) is 0 Å². The molecule has 0 bridgehead atoms. The Morgan fingerprint density at radius 2 is 0.754 bits per heavy atom. The van der Waals surface area contributed by atoms with Gasteiger partial charge in [0.15, 0.2) is 0 Å². The van der Waals surface area contributed by atoms with Crippen molar-refractivity contribution < 1.29 is 4.42 Å². The van der Waals surface area contributed by atoms with Crippen molar-refractivity contribution >= 4 is 60.8 Å². The first-order chi connectivity index (χ1) is 34.2. The maximum Gasteiger partial charge on any atom is 0.136 e. The molecular weight excluding hydrogens is 837 g/mol. The van der Waals surface area contributed by atoms with E-state index in [2.05, 4.69) is 270 Å². The molecular formula is C66H44N2O. The summed E-state index contributed by atoms with van der Waals surface area (Å²) in [6.45, 7) is 0. The summed E-state index contributed by atoms with van der Waals surface area (Å²) in [5.74, 6) is 0. The third kappa shape index (κ3) is 7.16. The van der Waals surface area contributed by atoms with Crippen LogP contribution >= 0.6 is 0 Å². The van der Waals surface area contributed by atoms with Crippen molar-refractivity contribution in [1.29, 1.82) is 0 Å². The maximum atomic E-state index is 6.42. The van der Waals surface area contributed by atoms with E-state index in [4.69, 9.17) is 4.42 Å². The van der Waals surface area contributed by atoms with Gasteiger partial charge in [-0.25, -0.2) is 0 Å². The van der Waals surface area contributed by atoms with Crippen molar-refractivity contribution in [2.45, 2.75) is 0 Å². The van der Waals surface area contributed by atoms with Gasteiger partial charge in [-0.3, -0.25) is 0 Å². The van der Waals surface area contributed by atoms with Gasteiger partial charge in [0, 0.05) is 44.2 Å². The molecule has 3 heteroatoms. The Balaban J connectivity index is 0.891. The molecule has 0 amide bonds. The fourth-order valence-electron chi connectivity index (χ4n) is 10.3. The number of furan rings is 1. The molecule has 0 saturated carbocycles. The normalized spacial score (nSPS) is 11.5. The standard InChI is InChI=1S/C66H44N2O/c1-2-16-45(17-3-1)48-18-13-21-51(43-48)52-22-14-23-55(44-52)67(61-29-8-6-26-58(61)59-28-15-33-65-66(59)60-27-7-11-32-64(60)69-65)53-38-34-46(35-39-53)49-19-12-20-50(42-49)47-36-40-54(41-37-47)68-62-30-9-4-24-56(62)57-25-5-10-31-63(57)68/h1-44H. The lowest BCUT2D eigenvalue weighted by molar-refractivity contribution is 0.669. The van der Waals surface area contributed by atoms with Gasteiger partial charge < -0.3 is 13.9 Å². The Morgan fingerprint density at radius 3 is 1.43 bits per heavy atom. The number of benzene rings is 11. The molecule has 11 aromatic carbocycles. The minimum Gasteiger partial charge on any atom is -0.456 e. The molecule has 0 aliphatic carbocycles. The van der Waals surface area contributed by atoms with E-state index >= 15 is 0 Å². The van der Waals surface area contributed by atoms with Crippen molar-refractivity contribution in [3.63, 3.8) is 0 Å². The van der Waals surface area contributed by atoms with Gasteiger partial charge in [-0.1, -0.05) is 188 Å². The Hall–Kier alpha value is -9.18. The number of anilines is 3. The second-order valence-electron chi connectivity index (χ2n) is 17.7. The Bertz CT molecular complexity index is 3960. The number of para-hydroxylation sites is 4. The SMILES string of the molecule is c1ccc(-c2cccc(-c3cccc(N(c4ccc(-c5cccc(-c6ccc(-n7c8ccccc8c8ccccc87)cc6)c5)cc4)c4ccccc4-c4cccc5oc6ccccc6c45)c3)c2)cc1. The summed E-state index contributed by atoms with van der Waals surface area (Å²) < 4.78 is 8.78. The molecule has 2 aromatic heterocycles. The van der Waals surface area contributed by atoms with E-state index in [1.807, 2.05) is 6.07 Å². The number of hydrogen-bond acceptors (Lipinski definition) is 2. The highest BCUT2D eigenvalue weighted by Crippen LogP contribution is 2.46. The van der Waals surface area contributed by atoms with Crippen molar-refractivity contribution in [2.75, 3.05) is 4.90 Å². The van der Waals surface area contributed by atoms with Crippen molar-refractivity contribution in [3.05, 3.63) is 267 Å². The minimum atomic E-state index is 0.876. The van der Waals surface area contributed by atoms with Crippen LogP contribution in [0.5, 0.6) is 0 Å². The molecule has 0 fully saturated rings. The smallest absolute Gasteiger partial charge is 0.136 e. The zero-order valence-corrected chi connectivity index (χ0v) is 37.7. The molecule has 2 heterocycles. The van der Waals surface area contributed by atoms with Crippen LogP contribution in [0.2, 0.25) is 0 Å². The van der Waals surface area contributed by atoms with Gasteiger partial charge in [-0.05, 0) is 129 Å². The summed E-state index contributed by atoms with van der Waals surface area (Å²) in [5, 5.41) is 4.75. The highest BCUT2D eigenvalue weighted by molar-refractivity contribution is 6.14. The molecule has 0 aliphatic heterocycles. The number of aromatic nitrogens is 1. The van der Waals surface area contributed by atoms with Crippen LogP contribution in [-0.4, -0.2) is 4.57 Å². The van der Waals surface area contributed by atoms with Crippen LogP contribution in [0.25, 0.3) is 105 Å². The predicted octanol–water partition coefficient (Wildman–Crippen LogP) is 18.5. The van der Waals surface area contributed by atoms with Gasteiger partial charge in [-0.15, -0.1) is 0 Å². The third-order valence-electron chi connectivity index (χ3n) is 13.6. The quantitative estimate of drug-likeness (QED) is 0.144. The van der Waals surface area contributed by atoms with Gasteiger partial charge in [0.1, 0.15) is 11.2 Å². The van der Waals surface area contributed by atoms with Crippen molar-refractivity contribution in [2.24, 2.45) is 0 Å². The number of rotatable bonds is 9. The molecule has 324 valence electrons. The zero-order chi connectivity index (χ0) is 45.7. The largest absolute Gasteiger partial charge is 0.456 e. The first-order valence-corrected chi connectivity index (χ1v) is 23.6. The number of fused-ring (bicyclic) bond motifs is 6. The second kappa shape index (κ2) is 16.9. The molecule has 0 aliphatic rings. The summed E-state index contributed by atoms with van der Waals surface area (Å²) in [6, 6.07) is 96.1. The molecule has 0 saturated heterocycles. The molecule has 3 nitrogen and oxygen atoms in total. The molecule has 0 radical (unpaired) electrons. The average molecular weight is 881 g/mol. The van der Waals surface area contributed by atoms with E-state index < -0.39 is 0 Å². The van der Waals surface area contributed by atoms with E-state index in [1.165, 1.54) is 44.1 Å². The van der Waals surface area contributed by atoms with Crippen molar-refractivity contribution in [3.8, 4) is 61.3 Å². The fourth-order valence-corrected chi connectivity index (χ4v) is 10.3. The molecule has 0 atom stereocenters. The predicted molar refractivity (Wildman–Crippen MR) is 290 cm³/mol. The molecule has 0 unspecified atom stereocenters. The maximum absolute atomic E-state index is 6.42. The molecule has 0 spiro atoms. The molecule has 13 aromatic rings. The monoisotopic (exact) mass is 880 g/mol. The summed E-state index contributed by atoms with van der Waals surface area (Å²) in [5.41, 5.74) is 20.1. The Kier molecular flexibility index (Phi) is 9.84. The molecule has 13 rings (SSSR count). The average Bonchev–Trinajstić information content (AvgIpc) is 3.98. The second-order valence-corrected chi connectivity index (χ2v) is 17.7. The van der Waals surface area contributed by atoms with Gasteiger partial charge in [0.05, 0.1) is 16.7 Å². The topological polar surface area (TPSA) is 21.3 Å². The lowest BCUT2D eigenvalue weighted by atomic mass is 9.96. The van der Waals surface area contributed by atoms with E-state index in [-0.39, 0.29) is 0 Å². The Morgan fingerprint density at radius 1 is 0.290 bits per heavy atom. The zero-order valence-electron chi connectivity index (χ0n) is 37.7. The first kappa shape index (κ1) is 40.1. The van der Waals surface area contributed by atoms with Crippen LogP contribution < -0.4 is 4.90 Å². The van der Waals surface area contributed by atoms with Crippen LogP contribution in [-0.2, 0) is 0 Å². The van der Waals surface area contributed by atoms with Crippen LogP contribution in [0.4, 0.5) is 17.1 Å². The Labute approximate surface area is 401 Å². The van der Waals surface area contributed by atoms with Crippen LogP contribution in [0.3, 0.4) is 0 Å². The van der Waals surface area contributed by atoms with Gasteiger partial charge in [0.2, 0.25) is 0 Å². The summed E-state index contributed by atoms with van der Waals surface area (Å²) >= 11 is 0. The highest BCUT2D eigenvalue weighted by atomic mass is 16.3. The first-order valence-electron chi connectivity index (χ1n) is 23.6. The molecule has 69 heavy (non-hydrogen) atoms. The van der Waals surface area contributed by atoms with Gasteiger partial charge >= 0.3 is 0 Å². The van der Waals surface area contributed by atoms with Crippen LogP contribution in [0.15, 0.2) is 271 Å². The summed E-state index contributed by atoms with van der Waals surface area (Å²) in [7, 11) is 0. The van der Waals surface area contributed by atoms with Crippen molar-refractivity contribution in [1.82, 2.24) is 4.57 Å². The van der Waals surface area contributed by atoms with Gasteiger partial charge in [-0.2, -0.15) is 0 Å². The lowest BCUT2D eigenvalue weighted by Crippen LogP contribution is -2.11. The third-order valence-corrected chi connectivity index (χ3v) is 13.6. The lowest BCUT2D eigenvalue weighted by Gasteiger charge is -2.28. The molecule has 0 N–H and O–H groups in total. The van der Waals surface area contributed by atoms with Crippen LogP contribution in [0, 0.1) is 0 Å². The van der Waals surface area contributed by atoms with E-state index in [0.717, 1.165) is 78.1 Å². The van der Waals surface area contributed by atoms with Crippen LogP contribution in [0.1, 0.15) is 0 Å².